The molecule has 0 bridgehead atoms. The predicted molar refractivity (Wildman–Crippen MR) is 92.5 cm³/mol. The molecule has 2 rings (SSSR count). The lowest BCUT2D eigenvalue weighted by atomic mass is 10.0. The predicted octanol–water partition coefficient (Wildman–Crippen LogP) is 1.87. The van der Waals surface area contributed by atoms with Crippen LogP contribution in [0.5, 0.6) is 0 Å². The molecule has 1 saturated heterocycles. The van der Waals surface area contributed by atoms with Gasteiger partial charge in [0.25, 0.3) is 0 Å². The van der Waals surface area contributed by atoms with Crippen LogP contribution in [0, 0.1) is 6.92 Å². The lowest BCUT2D eigenvalue weighted by Gasteiger charge is -2.32. The fraction of sp³-hybridized carbons (Fsp3) is 0.611. The zero-order valence-corrected chi connectivity index (χ0v) is 15.0. The number of carbonyl (C=O) groups excluding carboxylic acids is 3. The molecule has 1 aliphatic heterocycles. The molecule has 2 heterocycles. The summed E-state index contributed by atoms with van der Waals surface area (Å²) in [5.74, 6) is -0.0400. The van der Waals surface area contributed by atoms with Crippen LogP contribution in [0.4, 0.5) is 0 Å². The number of carbonyl (C=O) groups is 3. The second-order valence-electron chi connectivity index (χ2n) is 6.59. The van der Waals surface area contributed by atoms with Gasteiger partial charge >= 0.3 is 0 Å². The summed E-state index contributed by atoms with van der Waals surface area (Å²) < 4.78 is 0. The molecule has 24 heavy (non-hydrogen) atoms. The molecule has 6 nitrogen and oxygen atoms in total. The van der Waals surface area contributed by atoms with Gasteiger partial charge in [-0.1, -0.05) is 6.92 Å². The van der Waals surface area contributed by atoms with Gasteiger partial charge in [0.1, 0.15) is 0 Å². The molecule has 0 aliphatic carbocycles. The molecule has 1 atom stereocenters. The Hall–Kier alpha value is -1.95. The van der Waals surface area contributed by atoms with Crippen LogP contribution in [0.3, 0.4) is 0 Å². The summed E-state index contributed by atoms with van der Waals surface area (Å²) in [5.41, 5.74) is 2.79. The molecule has 0 radical (unpaired) electrons. The minimum Gasteiger partial charge on any atom is -0.355 e. The Morgan fingerprint density at radius 1 is 1.29 bits per heavy atom. The van der Waals surface area contributed by atoms with Crippen molar-refractivity contribution in [1.82, 2.24) is 15.2 Å². The molecule has 6 heteroatoms. The number of ketones is 2. The van der Waals surface area contributed by atoms with Gasteiger partial charge in [-0.2, -0.15) is 0 Å². The first-order valence-electron chi connectivity index (χ1n) is 8.58. The van der Waals surface area contributed by atoms with E-state index in [2.05, 4.69) is 15.2 Å². The van der Waals surface area contributed by atoms with Gasteiger partial charge in [0.2, 0.25) is 5.91 Å². The van der Waals surface area contributed by atoms with E-state index in [1.165, 1.54) is 13.8 Å². The number of amides is 1. The normalized spacial score (nSPS) is 18.4. The fourth-order valence-corrected chi connectivity index (χ4v) is 3.63. The zero-order valence-electron chi connectivity index (χ0n) is 15.0. The topological polar surface area (TPSA) is 82.3 Å². The van der Waals surface area contributed by atoms with E-state index in [0.29, 0.717) is 30.8 Å². The number of aromatic nitrogens is 1. The van der Waals surface area contributed by atoms with Crippen LogP contribution in [-0.4, -0.2) is 53.0 Å². The molecule has 0 spiro atoms. The zero-order chi connectivity index (χ0) is 17.9. The number of aromatic amines is 1. The summed E-state index contributed by atoms with van der Waals surface area (Å²) >= 11 is 0. The van der Waals surface area contributed by atoms with E-state index >= 15 is 0 Å². The standard InChI is InChI=1S/C18H27N3O3/c1-5-15-17(12(3)22)11(2)19-18(15)16(24)10-21-8-6-7-14(9-21)20-13(4)23/h14,19H,5-10H2,1-4H3,(H,20,23). The first-order chi connectivity index (χ1) is 11.3. The van der Waals surface area contributed by atoms with Gasteiger partial charge in [-0.05, 0) is 45.2 Å². The van der Waals surface area contributed by atoms with Crippen molar-refractivity contribution in [2.75, 3.05) is 19.6 Å². The first kappa shape index (κ1) is 18.4. The average Bonchev–Trinajstić information content (AvgIpc) is 2.83. The molecule has 1 unspecified atom stereocenters. The number of H-pyrrole nitrogens is 1. The molecule has 1 aromatic heterocycles. The lowest BCUT2D eigenvalue weighted by molar-refractivity contribution is -0.120. The van der Waals surface area contributed by atoms with Crippen molar-refractivity contribution >= 4 is 17.5 Å². The highest BCUT2D eigenvalue weighted by Crippen LogP contribution is 2.21. The van der Waals surface area contributed by atoms with Gasteiger partial charge in [-0.3, -0.25) is 19.3 Å². The molecular weight excluding hydrogens is 306 g/mol. The van der Waals surface area contributed by atoms with Gasteiger partial charge in [0.05, 0.1) is 12.2 Å². The number of nitrogens with one attached hydrogen (secondary N) is 2. The Bertz CT molecular complexity index is 648. The molecule has 132 valence electrons. The third-order valence-corrected chi connectivity index (χ3v) is 4.56. The van der Waals surface area contributed by atoms with Gasteiger partial charge in [0.15, 0.2) is 11.6 Å². The van der Waals surface area contributed by atoms with Crippen LogP contribution in [0.1, 0.15) is 65.7 Å². The maximum atomic E-state index is 12.7. The second-order valence-corrected chi connectivity index (χ2v) is 6.59. The van der Waals surface area contributed by atoms with Gasteiger partial charge in [0, 0.05) is 30.8 Å². The number of hydrogen-bond donors (Lipinski definition) is 2. The van der Waals surface area contributed by atoms with E-state index in [1.807, 2.05) is 13.8 Å². The van der Waals surface area contributed by atoms with Crippen LogP contribution in [-0.2, 0) is 11.2 Å². The molecule has 1 fully saturated rings. The lowest BCUT2D eigenvalue weighted by Crippen LogP contribution is -2.48. The van der Waals surface area contributed by atoms with E-state index in [0.717, 1.165) is 30.6 Å². The maximum absolute atomic E-state index is 12.7. The largest absolute Gasteiger partial charge is 0.355 e. The number of likely N-dealkylation sites (tertiary alicyclic amines) is 1. The van der Waals surface area contributed by atoms with Crippen LogP contribution in [0.25, 0.3) is 0 Å². The highest BCUT2D eigenvalue weighted by Gasteiger charge is 2.26. The number of aryl methyl sites for hydroxylation is 1. The highest BCUT2D eigenvalue weighted by atomic mass is 16.1. The van der Waals surface area contributed by atoms with E-state index in [4.69, 9.17) is 0 Å². The quantitative estimate of drug-likeness (QED) is 0.779. The number of nitrogens with zero attached hydrogens (tertiary/aromatic N) is 1. The van der Waals surface area contributed by atoms with Crippen molar-refractivity contribution in [3.63, 3.8) is 0 Å². The summed E-state index contributed by atoms with van der Waals surface area (Å²) in [7, 11) is 0. The number of rotatable bonds is 6. The highest BCUT2D eigenvalue weighted by molar-refractivity contribution is 6.04. The van der Waals surface area contributed by atoms with Gasteiger partial charge in [-0.25, -0.2) is 0 Å². The number of hydrogen-bond acceptors (Lipinski definition) is 4. The van der Waals surface area contributed by atoms with Crippen LogP contribution < -0.4 is 5.32 Å². The summed E-state index contributed by atoms with van der Waals surface area (Å²) in [6, 6.07) is 0.104. The van der Waals surface area contributed by atoms with Crippen molar-refractivity contribution in [2.45, 2.75) is 53.0 Å². The Kier molecular flexibility index (Phi) is 5.94. The number of Topliss-reactive ketones (excluding diaryl/α,β-unsaturated/α-hetero) is 2. The molecular formula is C18H27N3O3. The van der Waals surface area contributed by atoms with Crippen molar-refractivity contribution in [1.29, 1.82) is 0 Å². The van der Waals surface area contributed by atoms with Crippen molar-refractivity contribution in [2.24, 2.45) is 0 Å². The monoisotopic (exact) mass is 333 g/mol. The van der Waals surface area contributed by atoms with Crippen LogP contribution in [0.15, 0.2) is 0 Å². The Morgan fingerprint density at radius 2 is 2.00 bits per heavy atom. The van der Waals surface area contributed by atoms with E-state index in [9.17, 15) is 14.4 Å². The van der Waals surface area contributed by atoms with E-state index < -0.39 is 0 Å². The minimum absolute atomic E-state index is 0.00549. The smallest absolute Gasteiger partial charge is 0.217 e. The Labute approximate surface area is 143 Å². The first-order valence-corrected chi connectivity index (χ1v) is 8.58. The second kappa shape index (κ2) is 7.75. The minimum atomic E-state index is -0.0347. The van der Waals surface area contributed by atoms with Crippen molar-refractivity contribution in [3.8, 4) is 0 Å². The number of piperidine rings is 1. The average molecular weight is 333 g/mol. The molecule has 1 aromatic rings. The van der Waals surface area contributed by atoms with Crippen LogP contribution >= 0.6 is 0 Å². The van der Waals surface area contributed by atoms with Crippen LogP contribution in [0.2, 0.25) is 0 Å². The third kappa shape index (κ3) is 4.12. The summed E-state index contributed by atoms with van der Waals surface area (Å²) in [6.45, 7) is 8.68. The molecule has 0 saturated carbocycles. The summed E-state index contributed by atoms with van der Waals surface area (Å²) in [5, 5.41) is 2.93. The van der Waals surface area contributed by atoms with Crippen molar-refractivity contribution < 1.29 is 14.4 Å². The van der Waals surface area contributed by atoms with Gasteiger partial charge < -0.3 is 10.3 Å². The molecule has 2 N–H and O–H groups in total. The molecule has 1 aliphatic rings. The molecule has 1 amide bonds. The maximum Gasteiger partial charge on any atom is 0.217 e. The fourth-order valence-electron chi connectivity index (χ4n) is 3.63. The Balaban J connectivity index is 2.11. The molecule has 0 aromatic carbocycles. The summed E-state index contributed by atoms with van der Waals surface area (Å²) in [6.07, 6.45) is 2.55. The van der Waals surface area contributed by atoms with Gasteiger partial charge in [-0.15, -0.1) is 0 Å². The van der Waals surface area contributed by atoms with Crippen molar-refractivity contribution in [3.05, 3.63) is 22.5 Å². The third-order valence-electron chi connectivity index (χ3n) is 4.56. The van der Waals surface area contributed by atoms with E-state index in [1.54, 1.807) is 0 Å². The SMILES string of the molecule is CCc1c(C(=O)CN2CCCC(NC(C)=O)C2)[nH]c(C)c1C(C)=O. The summed E-state index contributed by atoms with van der Waals surface area (Å²) in [4.78, 5) is 41.0. The van der Waals surface area contributed by atoms with E-state index in [-0.39, 0.29) is 23.5 Å². The Morgan fingerprint density at radius 3 is 2.58 bits per heavy atom.